The lowest BCUT2D eigenvalue weighted by Gasteiger charge is -2.41. The Bertz CT molecular complexity index is 1590. The van der Waals surface area contributed by atoms with Gasteiger partial charge in [-0.25, -0.2) is 0 Å². The van der Waals surface area contributed by atoms with Crippen LogP contribution in [-0.2, 0) is 0 Å². The molecule has 4 nitrogen and oxygen atoms in total. The Morgan fingerprint density at radius 2 is 1.67 bits per heavy atom. The standard InChI is InChI=1S/C38H39NO3/c1-25-20-31(29-7-4-10-35(41)23-29)14-18-37(25)39(33-16-12-27(13-17-33)28-6-3-9-34(40)22-28)38-19-15-32(21-26(38)2)30-8-5-11-36(42)24-30/h3-4,6-10,12-20,23-26,28,37,40-42H,5,11,21-22H2,1-2H3/t25-,26?,28?,37?/m0/s1. The maximum Gasteiger partial charge on any atom is 0.116 e. The average molecular weight is 558 g/mol. The quantitative estimate of drug-likeness (QED) is 0.331. The number of aliphatic hydroxyl groups excluding tert-OH is 2. The van der Waals surface area contributed by atoms with E-state index in [1.807, 2.05) is 30.4 Å². The fourth-order valence-corrected chi connectivity index (χ4v) is 6.58. The van der Waals surface area contributed by atoms with Crippen LogP contribution in [0.2, 0.25) is 0 Å². The highest BCUT2D eigenvalue weighted by Crippen LogP contribution is 2.40. The van der Waals surface area contributed by atoms with E-state index in [1.165, 1.54) is 16.8 Å². The molecular formula is C38H39NO3. The molecule has 0 amide bonds. The molecule has 6 rings (SSSR count). The molecule has 0 aromatic heterocycles. The zero-order valence-electron chi connectivity index (χ0n) is 24.3. The lowest BCUT2D eigenvalue weighted by atomic mass is 9.83. The van der Waals surface area contributed by atoms with Gasteiger partial charge in [0.1, 0.15) is 5.75 Å². The van der Waals surface area contributed by atoms with Gasteiger partial charge in [-0.3, -0.25) is 0 Å². The molecule has 0 saturated heterocycles. The van der Waals surface area contributed by atoms with Crippen LogP contribution in [0.4, 0.5) is 5.69 Å². The number of anilines is 1. The largest absolute Gasteiger partial charge is 0.512 e. The van der Waals surface area contributed by atoms with Gasteiger partial charge < -0.3 is 20.2 Å². The summed E-state index contributed by atoms with van der Waals surface area (Å²) in [7, 11) is 0. The first-order chi connectivity index (χ1) is 20.4. The molecule has 0 aliphatic heterocycles. The van der Waals surface area contributed by atoms with E-state index in [4.69, 9.17) is 0 Å². The third kappa shape index (κ3) is 5.80. The second-order valence-corrected chi connectivity index (χ2v) is 11.9. The number of allylic oxidation sites excluding steroid dienone is 14. The van der Waals surface area contributed by atoms with Crippen molar-refractivity contribution in [3.63, 3.8) is 0 Å². The molecular weight excluding hydrogens is 518 g/mol. The fourth-order valence-electron chi connectivity index (χ4n) is 6.58. The number of hydrogen-bond donors (Lipinski definition) is 3. The Morgan fingerprint density at radius 1 is 0.833 bits per heavy atom. The van der Waals surface area contributed by atoms with Gasteiger partial charge in [0.25, 0.3) is 0 Å². The SMILES string of the molecule is CC1CC(C2=CCCC(O)=C2)=CC=C1N(c1ccc(C2C=CC=C(O)C2)cc1)C1C=CC(c2cccc(O)c2)=C[C@@H]1C. The van der Waals surface area contributed by atoms with Gasteiger partial charge in [-0.15, -0.1) is 0 Å². The first kappa shape index (κ1) is 27.7. The van der Waals surface area contributed by atoms with Crippen LogP contribution in [0.3, 0.4) is 0 Å². The van der Waals surface area contributed by atoms with Crippen LogP contribution >= 0.6 is 0 Å². The van der Waals surface area contributed by atoms with Crippen molar-refractivity contribution in [2.24, 2.45) is 11.8 Å². The van der Waals surface area contributed by atoms with Crippen molar-refractivity contribution in [3.8, 4) is 5.75 Å². The van der Waals surface area contributed by atoms with Crippen molar-refractivity contribution < 1.29 is 15.3 Å². The molecule has 4 atom stereocenters. The van der Waals surface area contributed by atoms with E-state index in [0.29, 0.717) is 24.4 Å². The molecule has 0 spiro atoms. The van der Waals surface area contributed by atoms with Gasteiger partial charge >= 0.3 is 0 Å². The molecule has 4 aliphatic carbocycles. The number of aromatic hydroxyl groups is 1. The molecule has 3 N–H and O–H groups in total. The number of hydrogen-bond acceptors (Lipinski definition) is 4. The molecule has 2 aromatic carbocycles. The number of rotatable bonds is 6. The predicted molar refractivity (Wildman–Crippen MR) is 172 cm³/mol. The Labute approximate surface area is 249 Å². The van der Waals surface area contributed by atoms with Crippen LogP contribution in [0, 0.1) is 11.8 Å². The van der Waals surface area contributed by atoms with E-state index in [9.17, 15) is 15.3 Å². The summed E-state index contributed by atoms with van der Waals surface area (Å²) in [5.74, 6) is 1.83. The zero-order valence-corrected chi connectivity index (χ0v) is 24.3. The van der Waals surface area contributed by atoms with E-state index >= 15 is 0 Å². The number of aliphatic hydroxyl groups is 2. The van der Waals surface area contributed by atoms with Crippen LogP contribution in [0.5, 0.6) is 5.75 Å². The van der Waals surface area contributed by atoms with Gasteiger partial charge in [0.15, 0.2) is 0 Å². The van der Waals surface area contributed by atoms with Crippen LogP contribution in [-0.4, -0.2) is 21.4 Å². The van der Waals surface area contributed by atoms with E-state index in [2.05, 4.69) is 85.5 Å². The second-order valence-electron chi connectivity index (χ2n) is 11.9. The molecule has 2 aromatic rings. The summed E-state index contributed by atoms with van der Waals surface area (Å²) in [5.41, 5.74) is 8.13. The monoisotopic (exact) mass is 557 g/mol. The fraction of sp³-hybridized carbons (Fsp3) is 0.263. The molecule has 0 bridgehead atoms. The zero-order chi connectivity index (χ0) is 29.2. The smallest absolute Gasteiger partial charge is 0.116 e. The molecule has 0 heterocycles. The Hall–Kier alpha value is -4.44. The minimum absolute atomic E-state index is 0.111. The van der Waals surface area contributed by atoms with Crippen molar-refractivity contribution >= 4 is 11.3 Å². The van der Waals surface area contributed by atoms with Gasteiger partial charge in [-0.1, -0.05) is 80.6 Å². The highest BCUT2D eigenvalue weighted by atomic mass is 16.3. The first-order valence-electron chi connectivity index (χ1n) is 15.0. The summed E-state index contributed by atoms with van der Waals surface area (Å²) in [6, 6.07) is 16.4. The van der Waals surface area contributed by atoms with Gasteiger partial charge in [0.05, 0.1) is 17.6 Å². The summed E-state index contributed by atoms with van der Waals surface area (Å²) in [5, 5.41) is 30.3. The molecule has 0 saturated carbocycles. The average Bonchev–Trinajstić information content (AvgIpc) is 2.99. The van der Waals surface area contributed by atoms with E-state index < -0.39 is 0 Å². The molecule has 42 heavy (non-hydrogen) atoms. The highest BCUT2D eigenvalue weighted by molar-refractivity contribution is 5.77. The van der Waals surface area contributed by atoms with Gasteiger partial charge in [0, 0.05) is 36.1 Å². The predicted octanol–water partition coefficient (Wildman–Crippen LogP) is 9.35. The van der Waals surface area contributed by atoms with Gasteiger partial charge in [-0.2, -0.15) is 0 Å². The lowest BCUT2D eigenvalue weighted by molar-refractivity contribution is 0.380. The molecule has 0 radical (unpaired) electrons. The number of nitrogens with zero attached hydrogens (tertiary/aromatic N) is 1. The Balaban J connectivity index is 1.35. The summed E-state index contributed by atoms with van der Waals surface area (Å²) < 4.78 is 0. The van der Waals surface area contributed by atoms with E-state index in [1.54, 1.807) is 12.1 Å². The third-order valence-corrected chi connectivity index (χ3v) is 8.81. The second kappa shape index (κ2) is 11.8. The topological polar surface area (TPSA) is 63.9 Å². The minimum Gasteiger partial charge on any atom is -0.512 e. The first-order valence-corrected chi connectivity index (χ1v) is 15.0. The van der Waals surface area contributed by atoms with Crippen molar-refractivity contribution in [2.75, 3.05) is 4.90 Å². The van der Waals surface area contributed by atoms with Crippen LogP contribution in [0.15, 0.2) is 138 Å². The number of phenolic OH excluding ortho intramolecular Hbond substituents is 1. The third-order valence-electron chi connectivity index (χ3n) is 8.81. The number of phenols is 1. The van der Waals surface area contributed by atoms with Crippen LogP contribution in [0.25, 0.3) is 5.57 Å². The maximum atomic E-state index is 10.1. The van der Waals surface area contributed by atoms with Crippen molar-refractivity contribution in [2.45, 2.75) is 51.5 Å². The van der Waals surface area contributed by atoms with Crippen LogP contribution < -0.4 is 4.90 Å². The summed E-state index contributed by atoms with van der Waals surface area (Å²) in [6.45, 7) is 4.55. The molecule has 214 valence electrons. The normalized spacial score (nSPS) is 25.5. The Kier molecular flexibility index (Phi) is 7.80. The van der Waals surface area contributed by atoms with Gasteiger partial charge in [-0.05, 0) is 89.1 Å². The van der Waals surface area contributed by atoms with Crippen LogP contribution in [0.1, 0.15) is 56.6 Å². The number of benzene rings is 2. The minimum atomic E-state index is 0.111. The highest BCUT2D eigenvalue weighted by Gasteiger charge is 2.31. The van der Waals surface area contributed by atoms with Crippen molar-refractivity contribution in [1.29, 1.82) is 0 Å². The van der Waals surface area contributed by atoms with Gasteiger partial charge in [0.2, 0.25) is 0 Å². The molecule has 4 heteroatoms. The molecule has 3 unspecified atom stereocenters. The van der Waals surface area contributed by atoms with Crippen molar-refractivity contribution in [1.82, 2.24) is 0 Å². The molecule has 4 aliphatic rings. The lowest BCUT2D eigenvalue weighted by Crippen LogP contribution is -2.40. The van der Waals surface area contributed by atoms with E-state index in [0.717, 1.165) is 35.2 Å². The van der Waals surface area contributed by atoms with E-state index in [-0.39, 0.29) is 29.5 Å². The molecule has 0 fully saturated rings. The summed E-state index contributed by atoms with van der Waals surface area (Å²) in [6.07, 6.45) is 24.4. The maximum absolute atomic E-state index is 10.1. The summed E-state index contributed by atoms with van der Waals surface area (Å²) >= 11 is 0. The van der Waals surface area contributed by atoms with Crippen molar-refractivity contribution in [3.05, 3.63) is 149 Å². The summed E-state index contributed by atoms with van der Waals surface area (Å²) in [4.78, 5) is 2.48. The Morgan fingerprint density at radius 3 is 2.38 bits per heavy atom.